The van der Waals surface area contributed by atoms with Crippen LogP contribution >= 0.6 is 0 Å². The van der Waals surface area contributed by atoms with Crippen LogP contribution in [0.25, 0.3) is 17.0 Å². The van der Waals surface area contributed by atoms with Gasteiger partial charge in [0, 0.05) is 43.8 Å². The zero-order valence-electron chi connectivity index (χ0n) is 19.9. The number of hydrogen-bond acceptors (Lipinski definition) is 8. The van der Waals surface area contributed by atoms with Crippen LogP contribution in [0.15, 0.2) is 70.6 Å². The highest BCUT2D eigenvalue weighted by atomic mass is 32.2. The number of hydrogen-bond donors (Lipinski definition) is 1. The molecule has 1 N–H and O–H groups in total. The molecular weight excluding hydrogens is 496 g/mol. The molecule has 1 aromatic carbocycles. The van der Waals surface area contributed by atoms with Gasteiger partial charge in [-0.05, 0) is 30.7 Å². The minimum absolute atomic E-state index is 0.151. The van der Waals surface area contributed by atoms with Crippen molar-refractivity contribution >= 4 is 27.3 Å². The van der Waals surface area contributed by atoms with E-state index in [1.165, 1.54) is 27.6 Å². The standard InChI is InChI=1S/C24H22N8O4S/c1-15-6-7-16(9-19(15)27-23(33)20-11-25-21-5-3-4-8-32(20)21)22-28-24(36-29-22)17-12-31(13-17)37(34,35)18-10-26-30(2)14-18/h3-11,14,17H,12-13H2,1-2H3,(H,27,33). The maximum Gasteiger partial charge on any atom is 0.274 e. The molecule has 1 aliphatic rings. The lowest BCUT2D eigenvalue weighted by molar-refractivity contribution is 0.102. The van der Waals surface area contributed by atoms with Crippen molar-refractivity contribution < 1.29 is 17.7 Å². The molecular formula is C24H22N8O4S. The first-order chi connectivity index (χ1) is 17.8. The summed E-state index contributed by atoms with van der Waals surface area (Å²) in [5.41, 5.74) is 3.23. The van der Waals surface area contributed by atoms with E-state index in [1.807, 2.05) is 37.3 Å². The zero-order valence-corrected chi connectivity index (χ0v) is 20.8. The first kappa shape index (κ1) is 23.1. The van der Waals surface area contributed by atoms with Crippen molar-refractivity contribution in [1.82, 2.24) is 33.6 Å². The van der Waals surface area contributed by atoms with Crippen molar-refractivity contribution in [2.45, 2.75) is 17.7 Å². The predicted molar refractivity (Wildman–Crippen MR) is 132 cm³/mol. The van der Waals surface area contributed by atoms with E-state index < -0.39 is 10.0 Å². The molecule has 0 spiro atoms. The van der Waals surface area contributed by atoms with Crippen LogP contribution < -0.4 is 5.32 Å². The van der Waals surface area contributed by atoms with E-state index in [2.05, 4.69) is 25.5 Å². The third-order valence-electron chi connectivity index (χ3n) is 6.35. The molecule has 0 aliphatic carbocycles. The van der Waals surface area contributed by atoms with Gasteiger partial charge in [-0.25, -0.2) is 13.4 Å². The van der Waals surface area contributed by atoms with Crippen molar-refractivity contribution in [2.75, 3.05) is 18.4 Å². The Labute approximate surface area is 211 Å². The molecule has 0 saturated carbocycles. The number of amides is 1. The van der Waals surface area contributed by atoms with Crippen LogP contribution in [0.3, 0.4) is 0 Å². The fraction of sp³-hybridized carbons (Fsp3) is 0.208. The molecule has 6 rings (SSSR count). The lowest BCUT2D eigenvalue weighted by Gasteiger charge is -2.35. The van der Waals surface area contributed by atoms with E-state index in [4.69, 9.17) is 4.52 Å². The summed E-state index contributed by atoms with van der Waals surface area (Å²) in [4.78, 5) is 21.9. The molecule has 0 unspecified atom stereocenters. The van der Waals surface area contributed by atoms with E-state index in [9.17, 15) is 13.2 Å². The van der Waals surface area contributed by atoms with Gasteiger partial charge in [-0.3, -0.25) is 13.9 Å². The molecule has 1 fully saturated rings. The number of benzene rings is 1. The van der Waals surface area contributed by atoms with Crippen LogP contribution in [-0.2, 0) is 17.1 Å². The highest BCUT2D eigenvalue weighted by Crippen LogP contribution is 2.32. The molecule has 0 radical (unpaired) electrons. The van der Waals surface area contributed by atoms with Gasteiger partial charge in [0.1, 0.15) is 16.2 Å². The molecule has 13 heteroatoms. The number of carbonyl (C=O) groups is 1. The Balaban J connectivity index is 1.17. The van der Waals surface area contributed by atoms with E-state index in [0.29, 0.717) is 34.3 Å². The monoisotopic (exact) mass is 518 g/mol. The lowest BCUT2D eigenvalue weighted by atomic mass is 10.0. The van der Waals surface area contributed by atoms with Crippen LogP contribution in [0.2, 0.25) is 0 Å². The van der Waals surface area contributed by atoms with Gasteiger partial charge in [0.15, 0.2) is 0 Å². The van der Waals surface area contributed by atoms with Gasteiger partial charge in [-0.1, -0.05) is 23.4 Å². The smallest absolute Gasteiger partial charge is 0.274 e. The zero-order chi connectivity index (χ0) is 25.7. The third-order valence-corrected chi connectivity index (χ3v) is 8.14. The topological polar surface area (TPSA) is 141 Å². The Bertz CT molecular complexity index is 1750. The van der Waals surface area contributed by atoms with E-state index in [1.54, 1.807) is 23.7 Å². The van der Waals surface area contributed by atoms with Gasteiger partial charge >= 0.3 is 0 Å². The van der Waals surface area contributed by atoms with Crippen molar-refractivity contribution in [2.24, 2.45) is 7.05 Å². The summed E-state index contributed by atoms with van der Waals surface area (Å²) in [6, 6.07) is 11.0. The Hall–Kier alpha value is -4.36. The van der Waals surface area contributed by atoms with Gasteiger partial charge < -0.3 is 9.84 Å². The highest BCUT2D eigenvalue weighted by molar-refractivity contribution is 7.89. The fourth-order valence-electron chi connectivity index (χ4n) is 4.17. The van der Waals surface area contributed by atoms with Crippen LogP contribution in [0.5, 0.6) is 0 Å². The predicted octanol–water partition coefficient (Wildman–Crippen LogP) is 2.47. The molecule has 12 nitrogen and oxygen atoms in total. The average molecular weight is 519 g/mol. The SMILES string of the molecule is Cc1ccc(-c2noc(C3CN(S(=O)(=O)c4cnn(C)c4)C3)n2)cc1NC(=O)c1cnc2ccccn12. The van der Waals surface area contributed by atoms with Crippen LogP contribution in [0, 0.1) is 6.92 Å². The largest absolute Gasteiger partial charge is 0.339 e. The number of sulfonamides is 1. The first-order valence-corrected chi connectivity index (χ1v) is 12.9. The van der Waals surface area contributed by atoms with E-state index >= 15 is 0 Å². The second-order valence-electron chi connectivity index (χ2n) is 8.88. The number of pyridine rings is 1. The maximum atomic E-state index is 13.0. The number of fused-ring (bicyclic) bond motifs is 1. The molecule has 37 heavy (non-hydrogen) atoms. The highest BCUT2D eigenvalue weighted by Gasteiger charge is 2.41. The minimum Gasteiger partial charge on any atom is -0.339 e. The molecule has 5 heterocycles. The summed E-state index contributed by atoms with van der Waals surface area (Å²) in [5, 5.41) is 11.0. The summed E-state index contributed by atoms with van der Waals surface area (Å²) in [7, 11) is -1.94. The number of anilines is 1. The number of rotatable bonds is 6. The summed E-state index contributed by atoms with van der Waals surface area (Å²) >= 11 is 0. The molecule has 4 aromatic heterocycles. The molecule has 188 valence electrons. The molecule has 1 amide bonds. The van der Waals surface area contributed by atoms with Gasteiger partial charge in [0.2, 0.25) is 21.7 Å². The van der Waals surface area contributed by atoms with Crippen molar-refractivity contribution in [3.63, 3.8) is 0 Å². The van der Waals surface area contributed by atoms with Gasteiger partial charge in [-0.2, -0.15) is 14.4 Å². The number of aryl methyl sites for hydroxylation is 2. The Morgan fingerprint density at radius 3 is 2.78 bits per heavy atom. The Morgan fingerprint density at radius 1 is 1.16 bits per heavy atom. The third kappa shape index (κ3) is 4.07. The molecule has 1 saturated heterocycles. The molecule has 0 atom stereocenters. The van der Waals surface area contributed by atoms with E-state index in [-0.39, 0.29) is 29.8 Å². The van der Waals surface area contributed by atoms with Gasteiger partial charge in [0.25, 0.3) is 5.91 Å². The lowest BCUT2D eigenvalue weighted by Crippen LogP contribution is -2.48. The van der Waals surface area contributed by atoms with Crippen molar-refractivity contribution in [3.8, 4) is 11.4 Å². The minimum atomic E-state index is -3.61. The van der Waals surface area contributed by atoms with E-state index in [0.717, 1.165) is 5.56 Å². The van der Waals surface area contributed by atoms with Crippen LogP contribution in [0.4, 0.5) is 5.69 Å². The molecule has 0 bridgehead atoms. The molecule has 5 aromatic rings. The average Bonchev–Trinajstić information content (AvgIpc) is 3.59. The summed E-state index contributed by atoms with van der Waals surface area (Å²) in [6.45, 7) is 2.38. The second-order valence-corrected chi connectivity index (χ2v) is 10.8. The quantitative estimate of drug-likeness (QED) is 0.361. The normalized spacial score (nSPS) is 14.6. The Kier molecular flexibility index (Phi) is 5.38. The van der Waals surface area contributed by atoms with Crippen LogP contribution in [-0.4, -0.2) is 61.0 Å². The second kappa shape index (κ2) is 8.64. The van der Waals surface area contributed by atoms with Gasteiger partial charge in [-0.15, -0.1) is 0 Å². The number of imidazole rings is 1. The van der Waals surface area contributed by atoms with Crippen molar-refractivity contribution in [1.29, 1.82) is 0 Å². The number of nitrogens with zero attached hydrogens (tertiary/aromatic N) is 7. The van der Waals surface area contributed by atoms with Crippen LogP contribution in [0.1, 0.15) is 27.9 Å². The summed E-state index contributed by atoms with van der Waals surface area (Å²) < 4.78 is 35.4. The number of nitrogens with one attached hydrogen (secondary N) is 1. The van der Waals surface area contributed by atoms with Crippen molar-refractivity contribution in [3.05, 3.63) is 78.3 Å². The first-order valence-electron chi connectivity index (χ1n) is 11.5. The summed E-state index contributed by atoms with van der Waals surface area (Å²) in [6.07, 6.45) is 6.12. The number of carbonyl (C=O) groups excluding carboxylic acids is 1. The number of aromatic nitrogens is 6. The fourth-order valence-corrected chi connectivity index (χ4v) is 5.69. The Morgan fingerprint density at radius 2 is 2.00 bits per heavy atom. The molecule has 1 aliphatic heterocycles. The van der Waals surface area contributed by atoms with Gasteiger partial charge in [0.05, 0.1) is 18.3 Å². The maximum absolute atomic E-state index is 13.0. The summed E-state index contributed by atoms with van der Waals surface area (Å²) in [5.74, 6) is 0.225.